The third-order valence-electron chi connectivity index (χ3n) is 11.5. The zero-order chi connectivity index (χ0) is 36.0. The molecule has 0 spiro atoms. The zero-order valence-electron chi connectivity index (χ0n) is 30.0. The summed E-state index contributed by atoms with van der Waals surface area (Å²) < 4.78 is 13.2. The molecule has 2 heterocycles. The predicted octanol–water partition coefficient (Wildman–Crippen LogP) is 14.6. The van der Waals surface area contributed by atoms with Gasteiger partial charge in [0, 0.05) is 49.5 Å². The molecule has 0 bridgehead atoms. The minimum Gasteiger partial charge on any atom is -0.455 e. The summed E-state index contributed by atoms with van der Waals surface area (Å²) in [5.41, 5.74) is 16.3. The monoisotopic (exact) mass is 693 g/mol. The minimum absolute atomic E-state index is 0.145. The molecule has 2 aromatic heterocycles. The molecule has 1 aliphatic rings. The first-order chi connectivity index (χ1) is 26.5. The summed E-state index contributed by atoms with van der Waals surface area (Å²) in [6.45, 7) is 4.68. The van der Waals surface area contributed by atoms with Gasteiger partial charge in [-0.2, -0.15) is 0 Å². The molecule has 0 fully saturated rings. The molecule has 0 saturated heterocycles. The van der Waals surface area contributed by atoms with Gasteiger partial charge in [0.15, 0.2) is 0 Å². The minimum atomic E-state index is -0.145. The Morgan fingerprint density at radius 1 is 0.407 bits per heavy atom. The number of furan rings is 2. The number of hydrogen-bond acceptors (Lipinski definition) is 3. The van der Waals surface area contributed by atoms with Crippen LogP contribution in [0.15, 0.2) is 185 Å². The van der Waals surface area contributed by atoms with Crippen molar-refractivity contribution in [2.45, 2.75) is 19.3 Å². The van der Waals surface area contributed by atoms with E-state index in [1.807, 2.05) is 18.2 Å². The lowest BCUT2D eigenvalue weighted by Gasteiger charge is -2.30. The Balaban J connectivity index is 1.14. The van der Waals surface area contributed by atoms with Gasteiger partial charge in [0.05, 0.1) is 5.69 Å². The Labute approximate surface area is 313 Å². The fourth-order valence-corrected chi connectivity index (χ4v) is 8.87. The molecule has 3 nitrogen and oxygen atoms in total. The van der Waals surface area contributed by atoms with Crippen molar-refractivity contribution in [1.82, 2.24) is 0 Å². The molecule has 0 amide bonds. The number of para-hydroxylation sites is 3. The van der Waals surface area contributed by atoms with Gasteiger partial charge in [0.25, 0.3) is 0 Å². The molecule has 54 heavy (non-hydrogen) atoms. The fourth-order valence-electron chi connectivity index (χ4n) is 8.87. The summed E-state index contributed by atoms with van der Waals surface area (Å²) >= 11 is 0. The van der Waals surface area contributed by atoms with Gasteiger partial charge in [-0.1, -0.05) is 141 Å². The highest BCUT2D eigenvalue weighted by Gasteiger charge is 2.36. The summed E-state index contributed by atoms with van der Waals surface area (Å²) in [6.07, 6.45) is 0. The van der Waals surface area contributed by atoms with Crippen LogP contribution in [-0.2, 0) is 5.41 Å². The maximum Gasteiger partial charge on any atom is 0.145 e. The number of rotatable bonds is 5. The van der Waals surface area contributed by atoms with Crippen molar-refractivity contribution in [3.63, 3.8) is 0 Å². The van der Waals surface area contributed by atoms with Crippen LogP contribution in [-0.4, -0.2) is 0 Å². The van der Waals surface area contributed by atoms with E-state index in [2.05, 4.69) is 176 Å². The third-order valence-corrected chi connectivity index (χ3v) is 11.5. The lowest BCUT2D eigenvalue weighted by molar-refractivity contribution is 0.660. The molecule has 256 valence electrons. The molecule has 11 rings (SSSR count). The first-order valence-electron chi connectivity index (χ1n) is 18.6. The molecular weight excluding hydrogens is 659 g/mol. The molecule has 3 heteroatoms. The van der Waals surface area contributed by atoms with Crippen LogP contribution in [0.25, 0.3) is 77.3 Å². The molecule has 0 saturated carbocycles. The highest BCUT2D eigenvalue weighted by atomic mass is 16.3. The SMILES string of the molecule is CC1(C)c2ccccc2-c2ccc(N(c3ccc(-c4cccc5c4oc4ccccc45)cc3)c3ccc4c(oc5ccccc54)c3-c3ccccc3)cc21. The molecule has 0 atom stereocenters. The van der Waals surface area contributed by atoms with Gasteiger partial charge < -0.3 is 13.7 Å². The number of nitrogens with zero attached hydrogens (tertiary/aromatic N) is 1. The van der Waals surface area contributed by atoms with Crippen molar-refractivity contribution >= 4 is 60.9 Å². The first kappa shape index (κ1) is 30.8. The van der Waals surface area contributed by atoms with E-state index in [0.717, 1.165) is 83.2 Å². The van der Waals surface area contributed by atoms with Crippen LogP contribution >= 0.6 is 0 Å². The Morgan fingerprint density at radius 2 is 1.00 bits per heavy atom. The molecule has 0 radical (unpaired) electrons. The van der Waals surface area contributed by atoms with Gasteiger partial charge >= 0.3 is 0 Å². The van der Waals surface area contributed by atoms with E-state index in [1.54, 1.807) is 0 Å². The largest absolute Gasteiger partial charge is 0.455 e. The quantitative estimate of drug-likeness (QED) is 0.180. The van der Waals surface area contributed by atoms with Crippen LogP contribution in [0.5, 0.6) is 0 Å². The van der Waals surface area contributed by atoms with Crippen molar-refractivity contribution < 1.29 is 8.83 Å². The van der Waals surface area contributed by atoms with Gasteiger partial charge in [-0.25, -0.2) is 0 Å². The lowest BCUT2D eigenvalue weighted by Crippen LogP contribution is -2.17. The van der Waals surface area contributed by atoms with E-state index in [9.17, 15) is 0 Å². The maximum atomic E-state index is 6.76. The van der Waals surface area contributed by atoms with Crippen molar-refractivity contribution in [2.24, 2.45) is 0 Å². The normalized spacial score (nSPS) is 13.1. The second kappa shape index (κ2) is 11.6. The van der Waals surface area contributed by atoms with E-state index >= 15 is 0 Å². The molecule has 8 aromatic carbocycles. The molecule has 0 aliphatic heterocycles. The van der Waals surface area contributed by atoms with Crippen LogP contribution < -0.4 is 4.90 Å². The summed E-state index contributed by atoms with van der Waals surface area (Å²) in [4.78, 5) is 2.40. The summed E-state index contributed by atoms with van der Waals surface area (Å²) in [5, 5.41) is 4.48. The molecule has 0 N–H and O–H groups in total. The topological polar surface area (TPSA) is 29.5 Å². The predicted molar refractivity (Wildman–Crippen MR) is 224 cm³/mol. The van der Waals surface area contributed by atoms with Crippen molar-refractivity contribution in [1.29, 1.82) is 0 Å². The smallest absolute Gasteiger partial charge is 0.145 e. The summed E-state index contributed by atoms with van der Waals surface area (Å²) in [5.74, 6) is 0. The van der Waals surface area contributed by atoms with Gasteiger partial charge in [0.2, 0.25) is 0 Å². The Bertz CT molecular complexity index is 3070. The van der Waals surface area contributed by atoms with Gasteiger partial charge in [-0.05, 0) is 81.9 Å². The maximum absolute atomic E-state index is 6.76. The van der Waals surface area contributed by atoms with Crippen molar-refractivity contribution in [3.05, 3.63) is 187 Å². The lowest BCUT2D eigenvalue weighted by atomic mass is 9.82. The summed E-state index contributed by atoms with van der Waals surface area (Å²) in [7, 11) is 0. The number of hydrogen-bond donors (Lipinski definition) is 0. The highest BCUT2D eigenvalue weighted by Crippen LogP contribution is 2.52. The number of fused-ring (bicyclic) bond motifs is 9. The first-order valence-corrected chi connectivity index (χ1v) is 18.6. The average molecular weight is 694 g/mol. The molecule has 10 aromatic rings. The zero-order valence-corrected chi connectivity index (χ0v) is 30.0. The van der Waals surface area contributed by atoms with E-state index in [0.29, 0.717) is 0 Å². The van der Waals surface area contributed by atoms with Crippen LogP contribution in [0, 0.1) is 0 Å². The molecule has 1 aliphatic carbocycles. The van der Waals surface area contributed by atoms with Gasteiger partial charge in [-0.3, -0.25) is 0 Å². The van der Waals surface area contributed by atoms with Crippen LogP contribution in [0.2, 0.25) is 0 Å². The van der Waals surface area contributed by atoms with E-state index in [-0.39, 0.29) is 5.41 Å². The van der Waals surface area contributed by atoms with Gasteiger partial charge in [0.1, 0.15) is 22.3 Å². The Morgan fingerprint density at radius 3 is 1.78 bits per heavy atom. The highest BCUT2D eigenvalue weighted by molar-refractivity contribution is 6.13. The molecule has 0 unspecified atom stereocenters. The van der Waals surface area contributed by atoms with Crippen LogP contribution in [0.1, 0.15) is 25.0 Å². The third kappa shape index (κ3) is 4.48. The summed E-state index contributed by atoms with van der Waals surface area (Å²) in [6, 6.07) is 62.9. The van der Waals surface area contributed by atoms with Crippen molar-refractivity contribution in [2.75, 3.05) is 4.90 Å². The van der Waals surface area contributed by atoms with Crippen molar-refractivity contribution in [3.8, 4) is 33.4 Å². The Hall–Kier alpha value is -6.84. The van der Waals surface area contributed by atoms with Gasteiger partial charge in [-0.15, -0.1) is 0 Å². The van der Waals surface area contributed by atoms with Crippen LogP contribution in [0.3, 0.4) is 0 Å². The average Bonchev–Trinajstić information content (AvgIpc) is 3.86. The number of benzene rings is 8. The van der Waals surface area contributed by atoms with E-state index in [1.165, 1.54) is 22.3 Å². The second-order valence-electron chi connectivity index (χ2n) is 14.9. The Kier molecular flexibility index (Phi) is 6.60. The second-order valence-corrected chi connectivity index (χ2v) is 14.9. The fraction of sp³-hybridized carbons (Fsp3) is 0.0588. The van der Waals surface area contributed by atoms with E-state index < -0.39 is 0 Å². The number of anilines is 3. The standard InChI is InChI=1S/C51H35NO2/c1-51(2)43-20-9-6-15-37(43)38-28-27-35(31-44(38)51)52(34-25-23-32(24-26-34)36-18-12-19-41-39-16-7-10-21-46(39)53-49(36)41)45-30-29-42-40-17-8-11-22-47(40)54-50(42)48(45)33-13-4-3-5-14-33/h3-31H,1-2H3. The van der Waals surface area contributed by atoms with Crippen LogP contribution in [0.4, 0.5) is 17.1 Å². The molecular formula is C51H35NO2. The van der Waals surface area contributed by atoms with E-state index in [4.69, 9.17) is 8.83 Å².